The lowest BCUT2D eigenvalue weighted by Gasteiger charge is -2.26. The molecule has 1 saturated carbocycles. The Hall–Kier alpha value is -1.38. The summed E-state index contributed by atoms with van der Waals surface area (Å²) in [6.45, 7) is 0. The maximum Gasteiger partial charge on any atom is 0.128 e. The Bertz CT molecular complexity index is 622. The molecule has 0 aliphatic heterocycles. The average Bonchev–Trinajstić information content (AvgIpc) is 2.39. The maximum absolute atomic E-state index is 13.9. The largest absolute Gasteiger partial charge is 0.320 e. The summed E-state index contributed by atoms with van der Waals surface area (Å²) in [5.74, 6) is 0.335. The van der Waals surface area contributed by atoms with Gasteiger partial charge in [-0.25, -0.2) is 4.39 Å². The predicted molar refractivity (Wildman–Crippen MR) is 80.5 cm³/mol. The normalized spacial score (nSPS) is 16.8. The quantitative estimate of drug-likeness (QED) is 0.863. The van der Waals surface area contributed by atoms with Gasteiger partial charge in [0, 0.05) is 10.6 Å². The second-order valence-corrected chi connectivity index (χ2v) is 5.88. The van der Waals surface area contributed by atoms with E-state index < -0.39 is 6.04 Å². The van der Waals surface area contributed by atoms with Crippen molar-refractivity contribution in [2.45, 2.75) is 31.2 Å². The van der Waals surface area contributed by atoms with Crippen molar-refractivity contribution in [1.29, 1.82) is 0 Å². The number of hydrogen-bond acceptors (Lipinski definition) is 1. The summed E-state index contributed by atoms with van der Waals surface area (Å²) >= 11 is 5.94. The van der Waals surface area contributed by atoms with E-state index in [0.29, 0.717) is 16.5 Å². The van der Waals surface area contributed by atoms with Crippen molar-refractivity contribution in [1.82, 2.24) is 0 Å². The van der Waals surface area contributed by atoms with E-state index >= 15 is 0 Å². The highest BCUT2D eigenvalue weighted by molar-refractivity contribution is 6.30. The van der Waals surface area contributed by atoms with Gasteiger partial charge < -0.3 is 5.73 Å². The molecule has 0 heterocycles. The molecule has 104 valence electrons. The van der Waals surface area contributed by atoms with E-state index in [4.69, 9.17) is 17.3 Å². The molecule has 1 fully saturated rings. The Morgan fingerprint density at radius 3 is 2.65 bits per heavy atom. The minimum absolute atomic E-state index is 0.309. The van der Waals surface area contributed by atoms with Crippen LogP contribution in [0.2, 0.25) is 5.02 Å². The lowest BCUT2D eigenvalue weighted by Crippen LogP contribution is -2.15. The van der Waals surface area contributed by atoms with E-state index in [9.17, 15) is 4.39 Å². The Labute approximate surface area is 123 Å². The number of halogens is 2. The van der Waals surface area contributed by atoms with Gasteiger partial charge in [-0.3, -0.25) is 0 Å². The van der Waals surface area contributed by atoms with E-state index in [1.165, 1.54) is 37.0 Å². The molecule has 1 unspecified atom stereocenters. The second-order valence-electron chi connectivity index (χ2n) is 5.44. The van der Waals surface area contributed by atoms with Crippen LogP contribution in [-0.4, -0.2) is 0 Å². The molecular formula is C17H17ClFN. The van der Waals surface area contributed by atoms with E-state index in [1.54, 1.807) is 6.07 Å². The SMILES string of the molecule is NC(c1cccc(C2CCC2)c1)c1cc(Cl)ccc1F. The fraction of sp³-hybridized carbons (Fsp3) is 0.294. The van der Waals surface area contributed by atoms with Crippen LogP contribution < -0.4 is 5.73 Å². The molecule has 1 aliphatic carbocycles. The molecule has 0 amide bonds. The highest BCUT2D eigenvalue weighted by Gasteiger charge is 2.21. The van der Waals surface area contributed by atoms with Crippen molar-refractivity contribution >= 4 is 11.6 Å². The summed E-state index contributed by atoms with van der Waals surface area (Å²) in [5.41, 5.74) is 8.92. The third-order valence-electron chi connectivity index (χ3n) is 4.14. The molecule has 1 nitrogen and oxygen atoms in total. The Balaban J connectivity index is 1.93. The van der Waals surface area contributed by atoms with Gasteiger partial charge in [-0.05, 0) is 48.1 Å². The van der Waals surface area contributed by atoms with Crippen LogP contribution in [0.1, 0.15) is 47.9 Å². The van der Waals surface area contributed by atoms with Crippen LogP contribution >= 0.6 is 11.6 Å². The first-order valence-electron chi connectivity index (χ1n) is 6.95. The summed E-state index contributed by atoms with van der Waals surface area (Å²) < 4.78 is 13.9. The Morgan fingerprint density at radius 2 is 1.95 bits per heavy atom. The van der Waals surface area contributed by atoms with Crippen LogP contribution in [0.4, 0.5) is 4.39 Å². The second kappa shape index (κ2) is 5.55. The minimum atomic E-state index is -0.478. The Kier molecular flexibility index (Phi) is 3.77. The molecule has 3 heteroatoms. The topological polar surface area (TPSA) is 26.0 Å². The zero-order valence-corrected chi connectivity index (χ0v) is 11.9. The zero-order valence-electron chi connectivity index (χ0n) is 11.2. The van der Waals surface area contributed by atoms with Crippen LogP contribution in [0.25, 0.3) is 0 Å². The van der Waals surface area contributed by atoms with E-state index in [0.717, 1.165) is 5.56 Å². The van der Waals surface area contributed by atoms with Gasteiger partial charge in [0.2, 0.25) is 0 Å². The summed E-state index contributed by atoms with van der Waals surface area (Å²) in [4.78, 5) is 0. The number of hydrogen-bond donors (Lipinski definition) is 1. The molecular weight excluding hydrogens is 273 g/mol. The van der Waals surface area contributed by atoms with Crippen molar-refractivity contribution in [3.05, 3.63) is 70.0 Å². The number of nitrogens with two attached hydrogens (primary N) is 1. The molecule has 0 spiro atoms. The third kappa shape index (κ3) is 2.58. The lowest BCUT2D eigenvalue weighted by atomic mass is 9.79. The standard InChI is InChI=1S/C17H17ClFN/c18-14-7-8-16(19)15(10-14)17(20)13-6-2-5-12(9-13)11-3-1-4-11/h2,5-11,17H,1,3-4,20H2. The van der Waals surface area contributed by atoms with Crippen LogP contribution in [0.15, 0.2) is 42.5 Å². The van der Waals surface area contributed by atoms with E-state index in [2.05, 4.69) is 12.1 Å². The molecule has 0 saturated heterocycles. The van der Waals surface area contributed by atoms with Gasteiger partial charge >= 0.3 is 0 Å². The van der Waals surface area contributed by atoms with Crippen LogP contribution in [0.5, 0.6) is 0 Å². The van der Waals surface area contributed by atoms with Crippen molar-refractivity contribution in [3.8, 4) is 0 Å². The molecule has 2 N–H and O–H groups in total. The van der Waals surface area contributed by atoms with Crippen molar-refractivity contribution < 1.29 is 4.39 Å². The molecule has 1 atom stereocenters. The molecule has 20 heavy (non-hydrogen) atoms. The summed E-state index contributed by atoms with van der Waals surface area (Å²) in [5, 5.41) is 0.506. The summed E-state index contributed by atoms with van der Waals surface area (Å²) in [6.07, 6.45) is 3.78. The van der Waals surface area contributed by atoms with Crippen LogP contribution in [0, 0.1) is 5.82 Å². The van der Waals surface area contributed by atoms with Crippen molar-refractivity contribution in [2.75, 3.05) is 0 Å². The summed E-state index contributed by atoms with van der Waals surface area (Å²) in [6, 6.07) is 12.2. The van der Waals surface area contributed by atoms with Crippen molar-refractivity contribution in [2.24, 2.45) is 5.73 Å². The van der Waals surface area contributed by atoms with Gasteiger partial charge in [0.25, 0.3) is 0 Å². The molecule has 2 aromatic rings. The highest BCUT2D eigenvalue weighted by Crippen LogP contribution is 2.37. The maximum atomic E-state index is 13.9. The highest BCUT2D eigenvalue weighted by atomic mass is 35.5. The van der Waals surface area contributed by atoms with Crippen LogP contribution in [-0.2, 0) is 0 Å². The number of benzene rings is 2. The number of rotatable bonds is 3. The zero-order chi connectivity index (χ0) is 14.1. The first-order valence-corrected chi connectivity index (χ1v) is 7.33. The van der Waals surface area contributed by atoms with E-state index in [-0.39, 0.29) is 5.82 Å². The molecule has 0 radical (unpaired) electrons. The molecule has 1 aliphatic rings. The summed E-state index contributed by atoms with van der Waals surface area (Å²) in [7, 11) is 0. The molecule has 3 rings (SSSR count). The van der Waals surface area contributed by atoms with Gasteiger partial charge in [0.1, 0.15) is 5.82 Å². The van der Waals surface area contributed by atoms with Gasteiger partial charge in [0.05, 0.1) is 6.04 Å². The monoisotopic (exact) mass is 289 g/mol. The molecule has 0 aromatic heterocycles. The van der Waals surface area contributed by atoms with Gasteiger partial charge in [-0.2, -0.15) is 0 Å². The van der Waals surface area contributed by atoms with Gasteiger partial charge in [0.15, 0.2) is 0 Å². The lowest BCUT2D eigenvalue weighted by molar-refractivity contribution is 0.419. The fourth-order valence-electron chi connectivity index (χ4n) is 2.68. The minimum Gasteiger partial charge on any atom is -0.320 e. The van der Waals surface area contributed by atoms with Gasteiger partial charge in [-0.15, -0.1) is 0 Å². The average molecular weight is 290 g/mol. The van der Waals surface area contributed by atoms with E-state index in [1.807, 2.05) is 12.1 Å². The van der Waals surface area contributed by atoms with Crippen LogP contribution in [0.3, 0.4) is 0 Å². The van der Waals surface area contributed by atoms with Gasteiger partial charge in [-0.1, -0.05) is 42.3 Å². The third-order valence-corrected chi connectivity index (χ3v) is 4.37. The first kappa shape index (κ1) is 13.6. The fourth-order valence-corrected chi connectivity index (χ4v) is 2.86. The van der Waals surface area contributed by atoms with Crippen molar-refractivity contribution in [3.63, 3.8) is 0 Å². The first-order chi connectivity index (χ1) is 9.65. The molecule has 0 bridgehead atoms. The predicted octanol–water partition coefficient (Wildman–Crippen LogP) is 4.79. The smallest absolute Gasteiger partial charge is 0.128 e. The molecule has 2 aromatic carbocycles. The Morgan fingerprint density at radius 1 is 1.15 bits per heavy atom.